The van der Waals surface area contributed by atoms with E-state index in [1.54, 1.807) is 0 Å². The molecule has 0 aromatic carbocycles. The Morgan fingerprint density at radius 3 is 2.80 bits per heavy atom. The van der Waals surface area contributed by atoms with E-state index in [0.29, 0.717) is 18.2 Å². The van der Waals surface area contributed by atoms with Gasteiger partial charge in [-0.3, -0.25) is 0 Å². The zero-order valence-corrected chi connectivity index (χ0v) is 6.27. The number of piperidine rings is 1. The normalized spacial score (nSPS) is 36.3. The van der Waals surface area contributed by atoms with Gasteiger partial charge in [0.2, 0.25) is 0 Å². The molecule has 0 aromatic rings. The first kappa shape index (κ1) is 6.62. The van der Waals surface area contributed by atoms with Crippen LogP contribution in [0.1, 0.15) is 32.1 Å². The van der Waals surface area contributed by atoms with Crippen molar-refractivity contribution >= 4 is 0 Å². The average Bonchev–Trinajstić information content (AvgIpc) is 2.70. The number of hydrogen-bond donors (Lipinski definition) is 2. The van der Waals surface area contributed by atoms with Crippen molar-refractivity contribution < 1.29 is 5.11 Å². The van der Waals surface area contributed by atoms with Gasteiger partial charge >= 0.3 is 0 Å². The Morgan fingerprint density at radius 2 is 2.20 bits per heavy atom. The Labute approximate surface area is 61.6 Å². The molecule has 1 aliphatic carbocycles. The van der Waals surface area contributed by atoms with E-state index in [1.807, 2.05) is 0 Å². The predicted molar refractivity (Wildman–Crippen MR) is 39.8 cm³/mol. The van der Waals surface area contributed by atoms with E-state index in [4.69, 9.17) is 5.11 Å². The van der Waals surface area contributed by atoms with Gasteiger partial charge in [-0.05, 0) is 32.1 Å². The molecule has 2 fully saturated rings. The van der Waals surface area contributed by atoms with Crippen LogP contribution in [0.4, 0.5) is 0 Å². The van der Waals surface area contributed by atoms with Crippen molar-refractivity contribution in [2.45, 2.75) is 43.7 Å². The van der Waals surface area contributed by atoms with Crippen LogP contribution in [-0.2, 0) is 0 Å². The van der Waals surface area contributed by atoms with Crippen molar-refractivity contribution in [3.05, 3.63) is 0 Å². The summed E-state index contributed by atoms with van der Waals surface area (Å²) in [6, 6.07) is 0.399. The minimum absolute atomic E-state index is 0.321. The van der Waals surface area contributed by atoms with Gasteiger partial charge in [0.15, 0.2) is 0 Å². The maximum absolute atomic E-state index is 8.89. The Kier molecular flexibility index (Phi) is 1.46. The number of rotatable bonds is 1. The summed E-state index contributed by atoms with van der Waals surface area (Å²) in [6.45, 7) is 0.321. The van der Waals surface area contributed by atoms with Crippen molar-refractivity contribution in [1.29, 1.82) is 0 Å². The summed E-state index contributed by atoms with van der Waals surface area (Å²) < 4.78 is 0. The lowest BCUT2D eigenvalue weighted by molar-refractivity contribution is 0.191. The van der Waals surface area contributed by atoms with Crippen LogP contribution in [0, 0.1) is 0 Å². The molecule has 0 aromatic heterocycles. The molecule has 2 aliphatic rings. The Hall–Kier alpha value is -0.0800. The first-order valence-electron chi connectivity index (χ1n) is 4.23. The SMILES string of the molecule is OC[C@H]1CCCC2(CC2)N1. The molecular formula is C8H15NO. The number of aliphatic hydroxyl groups is 1. The highest BCUT2D eigenvalue weighted by Gasteiger charge is 2.45. The van der Waals surface area contributed by atoms with Crippen LogP contribution in [-0.4, -0.2) is 23.3 Å². The number of aliphatic hydroxyl groups excluding tert-OH is 1. The van der Waals surface area contributed by atoms with Crippen molar-refractivity contribution in [2.24, 2.45) is 0 Å². The van der Waals surface area contributed by atoms with E-state index in [1.165, 1.54) is 25.7 Å². The zero-order valence-electron chi connectivity index (χ0n) is 6.27. The molecule has 0 unspecified atom stereocenters. The predicted octanol–water partition coefficient (Wildman–Crippen LogP) is 0.653. The van der Waals surface area contributed by atoms with Crippen LogP contribution in [0.15, 0.2) is 0 Å². The number of hydrogen-bond acceptors (Lipinski definition) is 2. The molecule has 1 saturated carbocycles. The van der Waals surface area contributed by atoms with Gasteiger partial charge in [-0.15, -0.1) is 0 Å². The largest absolute Gasteiger partial charge is 0.395 e. The molecule has 1 saturated heterocycles. The second-order valence-electron chi connectivity index (χ2n) is 3.70. The molecule has 0 radical (unpaired) electrons. The van der Waals surface area contributed by atoms with Gasteiger partial charge in [0, 0.05) is 11.6 Å². The van der Waals surface area contributed by atoms with E-state index in [0.717, 1.165) is 6.42 Å². The molecule has 1 atom stereocenters. The molecule has 2 heteroatoms. The van der Waals surface area contributed by atoms with Crippen LogP contribution in [0.25, 0.3) is 0 Å². The summed E-state index contributed by atoms with van der Waals surface area (Å²) in [7, 11) is 0. The summed E-state index contributed by atoms with van der Waals surface area (Å²) in [6.07, 6.45) is 6.48. The van der Waals surface area contributed by atoms with E-state index >= 15 is 0 Å². The smallest absolute Gasteiger partial charge is 0.0584 e. The number of nitrogens with one attached hydrogen (secondary N) is 1. The molecule has 58 valence electrons. The van der Waals surface area contributed by atoms with Crippen LogP contribution in [0.3, 0.4) is 0 Å². The highest BCUT2D eigenvalue weighted by molar-refractivity contribution is 5.05. The summed E-state index contributed by atoms with van der Waals surface area (Å²) in [5.74, 6) is 0. The lowest BCUT2D eigenvalue weighted by atomic mass is 9.97. The van der Waals surface area contributed by atoms with Crippen molar-refractivity contribution in [1.82, 2.24) is 5.32 Å². The lowest BCUT2D eigenvalue weighted by Gasteiger charge is -2.29. The Balaban J connectivity index is 1.91. The standard InChI is InChI=1S/C8H15NO/c10-6-7-2-1-3-8(9-7)4-5-8/h7,9-10H,1-6H2/t7-/m1/s1. The minimum atomic E-state index is 0.321. The first-order valence-corrected chi connectivity index (χ1v) is 4.23. The minimum Gasteiger partial charge on any atom is -0.395 e. The van der Waals surface area contributed by atoms with Gasteiger partial charge in [-0.1, -0.05) is 0 Å². The van der Waals surface area contributed by atoms with E-state index in [9.17, 15) is 0 Å². The van der Waals surface area contributed by atoms with Gasteiger partial charge in [-0.25, -0.2) is 0 Å². The topological polar surface area (TPSA) is 32.3 Å². The highest BCUT2D eigenvalue weighted by Crippen LogP contribution is 2.42. The molecule has 1 heterocycles. The van der Waals surface area contributed by atoms with E-state index in [-0.39, 0.29) is 0 Å². The molecule has 2 nitrogen and oxygen atoms in total. The summed E-state index contributed by atoms with van der Waals surface area (Å²) in [4.78, 5) is 0. The third-order valence-corrected chi connectivity index (χ3v) is 2.79. The maximum atomic E-state index is 8.89. The molecule has 0 bridgehead atoms. The van der Waals surface area contributed by atoms with Crippen molar-refractivity contribution in [3.8, 4) is 0 Å². The van der Waals surface area contributed by atoms with Crippen LogP contribution >= 0.6 is 0 Å². The second-order valence-corrected chi connectivity index (χ2v) is 3.70. The van der Waals surface area contributed by atoms with Crippen LogP contribution < -0.4 is 5.32 Å². The molecule has 2 rings (SSSR count). The fourth-order valence-electron chi connectivity index (χ4n) is 1.95. The Bertz CT molecular complexity index is 131. The fraction of sp³-hybridized carbons (Fsp3) is 1.00. The van der Waals surface area contributed by atoms with Gasteiger partial charge in [-0.2, -0.15) is 0 Å². The first-order chi connectivity index (χ1) is 4.85. The maximum Gasteiger partial charge on any atom is 0.0584 e. The summed E-state index contributed by atoms with van der Waals surface area (Å²) in [5, 5.41) is 12.4. The zero-order chi connectivity index (χ0) is 7.03. The third kappa shape index (κ3) is 1.06. The fourth-order valence-corrected chi connectivity index (χ4v) is 1.95. The summed E-state index contributed by atoms with van der Waals surface area (Å²) in [5.41, 5.74) is 0.492. The average molecular weight is 141 g/mol. The lowest BCUT2D eigenvalue weighted by Crippen LogP contribution is -2.45. The quantitative estimate of drug-likeness (QED) is 0.562. The van der Waals surface area contributed by atoms with Gasteiger partial charge < -0.3 is 10.4 Å². The molecule has 2 N–H and O–H groups in total. The molecule has 10 heavy (non-hydrogen) atoms. The van der Waals surface area contributed by atoms with Crippen LogP contribution in [0.2, 0.25) is 0 Å². The van der Waals surface area contributed by atoms with E-state index in [2.05, 4.69) is 5.32 Å². The Morgan fingerprint density at radius 1 is 1.40 bits per heavy atom. The second kappa shape index (κ2) is 2.21. The van der Waals surface area contributed by atoms with Gasteiger partial charge in [0.1, 0.15) is 0 Å². The van der Waals surface area contributed by atoms with Crippen molar-refractivity contribution in [3.63, 3.8) is 0 Å². The van der Waals surface area contributed by atoms with Crippen molar-refractivity contribution in [2.75, 3.05) is 6.61 Å². The molecule has 1 aliphatic heterocycles. The highest BCUT2D eigenvalue weighted by atomic mass is 16.3. The molecule has 0 amide bonds. The van der Waals surface area contributed by atoms with Gasteiger partial charge in [0.05, 0.1) is 6.61 Å². The van der Waals surface area contributed by atoms with E-state index < -0.39 is 0 Å². The van der Waals surface area contributed by atoms with Gasteiger partial charge in [0.25, 0.3) is 0 Å². The molecular weight excluding hydrogens is 126 g/mol. The molecule has 1 spiro atoms. The third-order valence-electron chi connectivity index (χ3n) is 2.79. The summed E-state index contributed by atoms with van der Waals surface area (Å²) >= 11 is 0. The monoisotopic (exact) mass is 141 g/mol. The van der Waals surface area contributed by atoms with Crippen LogP contribution in [0.5, 0.6) is 0 Å².